The molecule has 0 aliphatic carbocycles. The highest BCUT2D eigenvalue weighted by atomic mass is 19.1. The van der Waals surface area contributed by atoms with Crippen LogP contribution in [0.1, 0.15) is 21.7 Å². The van der Waals surface area contributed by atoms with Gasteiger partial charge in [-0.05, 0) is 79.7 Å². The molecule has 8 nitrogen and oxygen atoms in total. The maximum Gasteiger partial charge on any atom is 0.254 e. The molecule has 2 heterocycles. The molecule has 0 saturated heterocycles. The second-order valence-electron chi connectivity index (χ2n) is 9.18. The fourth-order valence-corrected chi connectivity index (χ4v) is 4.17. The predicted octanol–water partition coefficient (Wildman–Crippen LogP) is 5.87. The van der Waals surface area contributed by atoms with Crippen LogP contribution in [0.5, 0.6) is 5.75 Å². The Labute approximate surface area is 230 Å². The van der Waals surface area contributed by atoms with Gasteiger partial charge in [-0.3, -0.25) is 19.5 Å². The molecule has 1 N–H and O–H groups in total. The first-order valence-electron chi connectivity index (χ1n) is 12.6. The molecule has 40 heavy (non-hydrogen) atoms. The summed E-state index contributed by atoms with van der Waals surface area (Å²) < 4.78 is 25.9. The molecule has 0 unspecified atom stereocenters. The summed E-state index contributed by atoms with van der Waals surface area (Å²) in [5, 5.41) is 2.87. The zero-order valence-corrected chi connectivity index (χ0v) is 22.0. The van der Waals surface area contributed by atoms with Crippen molar-refractivity contribution in [1.82, 2.24) is 14.5 Å². The van der Waals surface area contributed by atoms with Crippen LogP contribution >= 0.6 is 0 Å². The van der Waals surface area contributed by atoms with E-state index in [0.717, 1.165) is 22.6 Å². The number of rotatable bonds is 9. The van der Waals surface area contributed by atoms with Crippen molar-refractivity contribution >= 4 is 17.8 Å². The van der Waals surface area contributed by atoms with E-state index in [4.69, 9.17) is 14.1 Å². The number of benzene rings is 3. The van der Waals surface area contributed by atoms with Crippen molar-refractivity contribution in [3.8, 4) is 22.7 Å². The number of hydrogen-bond donors (Lipinski definition) is 1. The molecular formula is C31H27FN4O4. The molecule has 202 valence electrons. The van der Waals surface area contributed by atoms with E-state index in [2.05, 4.69) is 5.32 Å². The first-order chi connectivity index (χ1) is 19.4. The maximum absolute atomic E-state index is 13.5. The van der Waals surface area contributed by atoms with Crippen molar-refractivity contribution in [2.75, 3.05) is 19.0 Å². The van der Waals surface area contributed by atoms with Gasteiger partial charge in [0.25, 0.3) is 5.91 Å². The van der Waals surface area contributed by atoms with Crippen LogP contribution in [0.25, 0.3) is 16.9 Å². The number of furan rings is 1. The van der Waals surface area contributed by atoms with Gasteiger partial charge in [-0.25, -0.2) is 9.37 Å². The van der Waals surface area contributed by atoms with Crippen molar-refractivity contribution < 1.29 is 23.1 Å². The Morgan fingerprint density at radius 3 is 2.38 bits per heavy atom. The molecule has 0 bridgehead atoms. The number of methoxy groups -OCH3 is 1. The number of carbonyl (C=O) groups excluding carboxylic acids is 2. The van der Waals surface area contributed by atoms with Crippen LogP contribution in [0.15, 0.2) is 102 Å². The number of aryl methyl sites for hydroxylation is 1. The van der Waals surface area contributed by atoms with Crippen molar-refractivity contribution in [3.05, 3.63) is 120 Å². The monoisotopic (exact) mass is 538 g/mol. The molecular weight excluding hydrogens is 511 g/mol. The van der Waals surface area contributed by atoms with Crippen LogP contribution in [0, 0.1) is 12.7 Å². The Balaban J connectivity index is 1.43. The van der Waals surface area contributed by atoms with Gasteiger partial charge in [-0.1, -0.05) is 17.7 Å². The number of nitrogens with one attached hydrogen (secondary N) is 1. The number of nitrogens with zero attached hydrogens (tertiary/aromatic N) is 3. The van der Waals surface area contributed by atoms with E-state index in [1.807, 2.05) is 61.7 Å². The first-order valence-corrected chi connectivity index (χ1v) is 12.6. The highest BCUT2D eigenvalue weighted by molar-refractivity contribution is 5.99. The highest BCUT2D eigenvalue weighted by Gasteiger charge is 2.22. The van der Waals surface area contributed by atoms with Crippen LogP contribution < -0.4 is 10.1 Å². The number of ether oxygens (including phenoxy) is 1. The summed E-state index contributed by atoms with van der Waals surface area (Å²) in [6, 6.07) is 23.9. The molecule has 2 amide bonds. The third kappa shape index (κ3) is 6.10. The molecule has 0 saturated carbocycles. The van der Waals surface area contributed by atoms with Gasteiger partial charge in [0.15, 0.2) is 0 Å². The first kappa shape index (κ1) is 26.4. The molecule has 0 spiro atoms. The Morgan fingerprint density at radius 2 is 1.73 bits per heavy atom. The summed E-state index contributed by atoms with van der Waals surface area (Å²) in [7, 11) is 1.60. The number of carbonyl (C=O) groups is 2. The van der Waals surface area contributed by atoms with Crippen LogP contribution in [0.4, 0.5) is 10.3 Å². The number of amides is 2. The van der Waals surface area contributed by atoms with E-state index < -0.39 is 17.6 Å². The topological polar surface area (TPSA) is 89.6 Å². The summed E-state index contributed by atoms with van der Waals surface area (Å²) in [6.45, 7) is 1.77. The number of imidazole rings is 1. The second-order valence-corrected chi connectivity index (χ2v) is 9.18. The van der Waals surface area contributed by atoms with Gasteiger partial charge in [-0.15, -0.1) is 0 Å². The van der Waals surface area contributed by atoms with E-state index in [0.29, 0.717) is 17.4 Å². The number of aromatic nitrogens is 2. The highest BCUT2D eigenvalue weighted by Crippen LogP contribution is 2.26. The number of hydrogen-bond acceptors (Lipinski definition) is 5. The molecule has 0 radical (unpaired) electrons. The van der Waals surface area contributed by atoms with Gasteiger partial charge in [0.05, 0.1) is 25.6 Å². The van der Waals surface area contributed by atoms with Gasteiger partial charge in [0.2, 0.25) is 11.9 Å². The Hall–Kier alpha value is -5.18. The average molecular weight is 539 g/mol. The van der Waals surface area contributed by atoms with E-state index in [-0.39, 0.29) is 18.7 Å². The van der Waals surface area contributed by atoms with Gasteiger partial charge >= 0.3 is 0 Å². The summed E-state index contributed by atoms with van der Waals surface area (Å²) >= 11 is 0. The lowest BCUT2D eigenvalue weighted by Crippen LogP contribution is -2.37. The van der Waals surface area contributed by atoms with E-state index >= 15 is 0 Å². The van der Waals surface area contributed by atoms with Crippen LogP contribution in [0.3, 0.4) is 0 Å². The van der Waals surface area contributed by atoms with Gasteiger partial charge in [0, 0.05) is 23.0 Å². The summed E-state index contributed by atoms with van der Waals surface area (Å²) in [4.78, 5) is 32.7. The quantitative estimate of drug-likeness (QED) is 0.254. The minimum atomic E-state index is -0.456. The fourth-order valence-electron chi connectivity index (χ4n) is 4.17. The van der Waals surface area contributed by atoms with E-state index in [9.17, 15) is 14.0 Å². The van der Waals surface area contributed by atoms with Crippen molar-refractivity contribution in [3.63, 3.8) is 0 Å². The molecule has 0 atom stereocenters. The van der Waals surface area contributed by atoms with Gasteiger partial charge < -0.3 is 14.1 Å². The summed E-state index contributed by atoms with van der Waals surface area (Å²) in [5.74, 6) is 0.174. The Kier molecular flexibility index (Phi) is 7.72. The SMILES string of the molecule is COc1ccc(-c2cn(-c3ccc(C)cc3)c(NC(=O)CN(Cc3ccco3)C(=O)c3ccc(F)cc3)n2)cc1. The third-order valence-electron chi connectivity index (χ3n) is 6.29. The smallest absolute Gasteiger partial charge is 0.254 e. The Bertz CT molecular complexity index is 1590. The van der Waals surface area contributed by atoms with Crippen LogP contribution in [-0.4, -0.2) is 39.9 Å². The molecule has 0 aliphatic rings. The second kappa shape index (κ2) is 11.7. The molecule has 0 fully saturated rings. The maximum atomic E-state index is 13.5. The minimum Gasteiger partial charge on any atom is -0.497 e. The molecule has 9 heteroatoms. The van der Waals surface area contributed by atoms with Gasteiger partial charge in [0.1, 0.15) is 23.9 Å². The van der Waals surface area contributed by atoms with E-state index in [1.165, 1.54) is 35.4 Å². The lowest BCUT2D eigenvalue weighted by atomic mass is 10.1. The van der Waals surface area contributed by atoms with Crippen molar-refractivity contribution in [2.45, 2.75) is 13.5 Å². The predicted molar refractivity (Wildman–Crippen MR) is 149 cm³/mol. The Morgan fingerprint density at radius 1 is 1.00 bits per heavy atom. The molecule has 2 aromatic heterocycles. The largest absolute Gasteiger partial charge is 0.497 e. The normalized spacial score (nSPS) is 10.8. The summed E-state index contributed by atoms with van der Waals surface area (Å²) in [6.07, 6.45) is 3.33. The number of halogens is 1. The molecule has 3 aromatic carbocycles. The minimum absolute atomic E-state index is 0.0557. The molecule has 0 aliphatic heterocycles. The van der Waals surface area contributed by atoms with Crippen LogP contribution in [0.2, 0.25) is 0 Å². The van der Waals surface area contributed by atoms with Crippen molar-refractivity contribution in [1.29, 1.82) is 0 Å². The zero-order valence-electron chi connectivity index (χ0n) is 22.0. The molecule has 5 aromatic rings. The summed E-state index contributed by atoms with van der Waals surface area (Å²) in [5.41, 5.74) is 3.64. The zero-order chi connectivity index (χ0) is 28.1. The lowest BCUT2D eigenvalue weighted by molar-refractivity contribution is -0.117. The molecule has 5 rings (SSSR count). The third-order valence-corrected chi connectivity index (χ3v) is 6.29. The lowest BCUT2D eigenvalue weighted by Gasteiger charge is -2.21. The van der Waals surface area contributed by atoms with E-state index in [1.54, 1.807) is 23.8 Å². The van der Waals surface area contributed by atoms with Crippen molar-refractivity contribution in [2.24, 2.45) is 0 Å². The number of anilines is 1. The van der Waals surface area contributed by atoms with Gasteiger partial charge in [-0.2, -0.15) is 0 Å². The fraction of sp³-hybridized carbons (Fsp3) is 0.129. The standard InChI is InChI=1S/C31H27FN4O4/c1-21-5-13-25(14-6-21)36-19-28(22-9-15-26(39-2)16-10-22)33-31(36)34-29(37)20-35(18-27-4-3-17-40-27)30(38)23-7-11-24(32)12-8-23/h3-17,19H,18,20H2,1-2H3,(H,33,34,37). The van der Waals surface area contributed by atoms with Crippen LogP contribution in [-0.2, 0) is 11.3 Å². The average Bonchev–Trinajstić information content (AvgIpc) is 3.63.